The molecule has 1 unspecified atom stereocenters. The summed E-state index contributed by atoms with van der Waals surface area (Å²) in [7, 11) is 0. The van der Waals surface area contributed by atoms with Crippen molar-refractivity contribution >= 4 is 63.5 Å². The molecule has 360 valence electrons. The van der Waals surface area contributed by atoms with Crippen molar-refractivity contribution in [1.29, 1.82) is 5.26 Å². The molecule has 2 amide bonds. The van der Waals surface area contributed by atoms with Crippen molar-refractivity contribution in [2.45, 2.75) is 50.6 Å². The van der Waals surface area contributed by atoms with Gasteiger partial charge in [-0.3, -0.25) is 48.6 Å². The van der Waals surface area contributed by atoms with E-state index in [1.807, 2.05) is 45.0 Å². The Morgan fingerprint density at radius 1 is 0.910 bits per heavy atom. The Morgan fingerprint density at radius 3 is 2.31 bits per heavy atom. The Morgan fingerprint density at radius 2 is 1.61 bits per heavy atom. The number of carboxylic acid groups (broad SMARTS) is 2. The van der Waals surface area contributed by atoms with Gasteiger partial charge in [-0.15, -0.1) is 0 Å². The summed E-state index contributed by atoms with van der Waals surface area (Å²) in [6, 6.07) is 15.1. The number of ketones is 1. The van der Waals surface area contributed by atoms with E-state index >= 15 is 0 Å². The molecular formula is C46H58F2N10O8S. The number of ether oxygens (including phenoxy) is 1. The third-order valence-electron chi connectivity index (χ3n) is 12.2. The number of amides is 2. The van der Waals surface area contributed by atoms with Gasteiger partial charge in [-0.25, -0.2) is 8.78 Å². The monoisotopic (exact) mass is 948 g/mol. The standard InChI is InChI=1S/C46H58F2N10O8S/c1-32(59)27-54-14-15-55(29-42(61)62)28-36(57(21-18-54)30-43(63)64)23-33-3-5-34(6-4-33)52-45(67)56-19-16-53(17-20-56)13-2-22-66-37-7-8-40-39(24-37)38(10-12-50-40)44(65)51-26-41(60)58-31-46(47,48)11-9-35(58)25-49/h3-8,10,12,24,35-36H,2,9,11,13-23,26-31H2,1H3,(H,51,65)(H,52,67)(H,61,62)(H,63,64)/t35-,36?/m0/s1. The quantitative estimate of drug-likeness (QED) is 0.113. The van der Waals surface area contributed by atoms with E-state index in [4.69, 9.17) is 17.0 Å². The lowest BCUT2D eigenvalue weighted by Crippen LogP contribution is -2.53. The largest absolute Gasteiger partial charge is 0.494 e. The van der Waals surface area contributed by atoms with Crippen LogP contribution in [0.4, 0.5) is 14.5 Å². The summed E-state index contributed by atoms with van der Waals surface area (Å²) < 4.78 is 34.1. The van der Waals surface area contributed by atoms with Gasteiger partial charge in [0.05, 0.1) is 56.5 Å². The van der Waals surface area contributed by atoms with E-state index in [2.05, 4.69) is 25.4 Å². The fourth-order valence-corrected chi connectivity index (χ4v) is 8.99. The van der Waals surface area contributed by atoms with Crippen LogP contribution in [0.25, 0.3) is 10.9 Å². The zero-order chi connectivity index (χ0) is 48.1. The maximum absolute atomic E-state index is 14.0. The number of nitriles is 1. The number of rotatable bonds is 17. The summed E-state index contributed by atoms with van der Waals surface area (Å²) in [6.45, 7) is 6.36. The number of hydrogen-bond acceptors (Lipinski definition) is 13. The van der Waals surface area contributed by atoms with E-state index in [1.54, 1.807) is 18.2 Å². The van der Waals surface area contributed by atoms with Gasteiger partial charge < -0.3 is 35.4 Å². The first-order valence-corrected chi connectivity index (χ1v) is 22.8. The highest BCUT2D eigenvalue weighted by atomic mass is 32.1. The van der Waals surface area contributed by atoms with Crippen LogP contribution < -0.4 is 15.4 Å². The molecule has 0 bridgehead atoms. The molecule has 3 fully saturated rings. The number of Topliss-reactive ketones (excluding diaryl/α,β-unsaturated/α-hetero) is 1. The van der Waals surface area contributed by atoms with Crippen LogP contribution in [0.5, 0.6) is 5.75 Å². The summed E-state index contributed by atoms with van der Waals surface area (Å²) in [6.07, 6.45) is 2.09. The minimum atomic E-state index is -3.09. The van der Waals surface area contributed by atoms with Gasteiger partial charge in [-0.05, 0) is 80.4 Å². The first-order valence-electron chi connectivity index (χ1n) is 22.4. The molecule has 21 heteroatoms. The van der Waals surface area contributed by atoms with E-state index < -0.39 is 55.2 Å². The van der Waals surface area contributed by atoms with Crippen molar-refractivity contribution < 1.29 is 47.7 Å². The van der Waals surface area contributed by atoms with E-state index in [-0.39, 0.29) is 43.4 Å². The molecule has 4 heterocycles. The number of carbonyl (C=O) groups excluding carboxylic acids is 3. The molecular weight excluding hydrogens is 891 g/mol. The average molecular weight is 949 g/mol. The van der Waals surface area contributed by atoms with Crippen LogP contribution in [0.1, 0.15) is 42.1 Å². The fraction of sp³-hybridized carbons (Fsp3) is 0.522. The van der Waals surface area contributed by atoms with Crippen LogP contribution in [-0.4, -0.2) is 202 Å². The lowest BCUT2D eigenvalue weighted by molar-refractivity contribution is -0.143. The lowest BCUT2D eigenvalue weighted by Gasteiger charge is -2.36. The average Bonchev–Trinajstić information content (AvgIpc) is 3.35. The number of pyridine rings is 1. The number of carboxylic acids is 2. The minimum absolute atomic E-state index is 0.00965. The van der Waals surface area contributed by atoms with Crippen molar-refractivity contribution in [3.05, 3.63) is 65.9 Å². The summed E-state index contributed by atoms with van der Waals surface area (Å²) in [4.78, 5) is 76.8. The van der Waals surface area contributed by atoms with E-state index in [0.29, 0.717) is 67.5 Å². The molecule has 0 radical (unpaired) electrons. The molecule has 2 atom stereocenters. The number of thiocarbonyl (C=S) groups is 1. The second-order valence-corrected chi connectivity index (χ2v) is 17.7. The number of fused-ring (bicyclic) bond motifs is 1. The smallest absolute Gasteiger partial charge is 0.317 e. The molecule has 67 heavy (non-hydrogen) atoms. The van der Waals surface area contributed by atoms with Crippen LogP contribution in [0.2, 0.25) is 0 Å². The van der Waals surface area contributed by atoms with Crippen molar-refractivity contribution in [3.63, 3.8) is 0 Å². The summed E-state index contributed by atoms with van der Waals surface area (Å²) >= 11 is 5.78. The number of halogens is 2. The minimum Gasteiger partial charge on any atom is -0.494 e. The van der Waals surface area contributed by atoms with Crippen molar-refractivity contribution in [1.82, 2.24) is 39.7 Å². The molecule has 18 nitrogen and oxygen atoms in total. The lowest BCUT2D eigenvalue weighted by atomic mass is 10.00. The Hall–Kier alpha value is -5.92. The van der Waals surface area contributed by atoms with Crippen molar-refractivity contribution in [2.24, 2.45) is 0 Å². The number of likely N-dealkylation sites (tertiary alicyclic amines) is 1. The molecule has 4 N–H and O–H groups in total. The highest BCUT2D eigenvalue weighted by Gasteiger charge is 2.42. The van der Waals surface area contributed by atoms with Gasteiger partial charge in [-0.2, -0.15) is 5.26 Å². The van der Waals surface area contributed by atoms with Gasteiger partial charge in [0.2, 0.25) is 5.91 Å². The molecule has 3 saturated heterocycles. The van der Waals surface area contributed by atoms with E-state index in [1.165, 1.54) is 19.2 Å². The number of nitrogens with one attached hydrogen (secondary N) is 2. The maximum Gasteiger partial charge on any atom is 0.317 e. The predicted octanol–water partition coefficient (Wildman–Crippen LogP) is 2.49. The van der Waals surface area contributed by atoms with Crippen LogP contribution in [-0.2, 0) is 25.6 Å². The molecule has 2 aromatic carbocycles. The SMILES string of the molecule is CC(=O)CN1CCN(CC(=O)O)CC(Cc2ccc(NC(=S)N3CCN(CCCOc4ccc5nccc(C(=O)NCC(=O)N6CC(F)(F)CC[C@H]6C#N)c5c4)CC3)cc2)N(CC(=O)O)CC1. The van der Waals surface area contributed by atoms with Gasteiger partial charge in [0, 0.05) is 95.2 Å². The molecule has 0 spiro atoms. The molecule has 3 aliphatic heterocycles. The number of hydrogen-bond donors (Lipinski definition) is 4. The number of alkyl halides is 2. The van der Waals surface area contributed by atoms with Gasteiger partial charge in [0.1, 0.15) is 17.6 Å². The summed E-state index contributed by atoms with van der Waals surface area (Å²) in [5.74, 6) is -5.87. The van der Waals surface area contributed by atoms with Gasteiger partial charge in [0.25, 0.3) is 11.8 Å². The summed E-state index contributed by atoms with van der Waals surface area (Å²) in [5.41, 5.74) is 2.54. The Bertz CT molecular complexity index is 2290. The first-order chi connectivity index (χ1) is 32.0. The first kappa shape index (κ1) is 50.5. The third-order valence-corrected chi connectivity index (χ3v) is 12.5. The Labute approximate surface area is 393 Å². The topological polar surface area (TPSA) is 215 Å². The number of nitrogens with zero attached hydrogens (tertiary/aromatic N) is 8. The van der Waals surface area contributed by atoms with Crippen LogP contribution in [0.3, 0.4) is 0 Å². The number of aromatic nitrogens is 1. The Kier molecular flexibility index (Phi) is 17.9. The molecule has 1 aromatic heterocycles. The second kappa shape index (κ2) is 23.7. The molecule has 3 aromatic rings. The predicted molar refractivity (Wildman–Crippen MR) is 248 cm³/mol. The molecule has 3 aliphatic rings. The number of aliphatic carboxylic acids is 2. The third kappa shape index (κ3) is 15.0. The number of piperazine rings is 1. The van der Waals surface area contributed by atoms with Gasteiger partial charge in [0.15, 0.2) is 5.11 Å². The van der Waals surface area contributed by atoms with Crippen molar-refractivity contribution in [3.8, 4) is 11.8 Å². The molecule has 0 saturated carbocycles. The molecule has 0 aliphatic carbocycles. The van der Waals surface area contributed by atoms with Crippen LogP contribution in [0.15, 0.2) is 54.7 Å². The number of benzene rings is 2. The molecule has 6 rings (SSSR count). The van der Waals surface area contributed by atoms with Gasteiger partial charge in [-0.1, -0.05) is 12.1 Å². The fourth-order valence-electron chi connectivity index (χ4n) is 8.69. The van der Waals surface area contributed by atoms with Crippen molar-refractivity contribution in [2.75, 3.05) is 110 Å². The second-order valence-electron chi connectivity index (χ2n) is 17.3. The van der Waals surface area contributed by atoms with Crippen LogP contribution in [0, 0.1) is 11.3 Å². The number of anilines is 1. The van der Waals surface area contributed by atoms with E-state index in [0.717, 1.165) is 55.3 Å². The van der Waals surface area contributed by atoms with Gasteiger partial charge >= 0.3 is 11.9 Å². The zero-order valence-electron chi connectivity index (χ0n) is 37.6. The highest BCUT2D eigenvalue weighted by molar-refractivity contribution is 7.80. The normalized spacial score (nSPS) is 19.9. The number of piperidine rings is 1. The van der Waals surface area contributed by atoms with Crippen LogP contribution >= 0.6 is 12.2 Å². The number of carbonyl (C=O) groups is 5. The Balaban J connectivity index is 0.944. The maximum atomic E-state index is 14.0. The zero-order valence-corrected chi connectivity index (χ0v) is 38.4. The highest BCUT2D eigenvalue weighted by Crippen LogP contribution is 2.30. The van der Waals surface area contributed by atoms with E-state index in [9.17, 15) is 48.2 Å². The summed E-state index contributed by atoms with van der Waals surface area (Å²) in [5, 5.41) is 35.7.